The first-order chi connectivity index (χ1) is 16.2. The molecule has 2 fully saturated rings. The number of rotatable bonds is 5. The maximum absolute atomic E-state index is 13.1. The molecule has 3 atom stereocenters. The minimum atomic E-state index is 0.108. The van der Waals surface area contributed by atoms with Crippen molar-refractivity contribution in [3.05, 3.63) is 84.4 Å². The van der Waals surface area contributed by atoms with Crippen LogP contribution in [0.5, 0.6) is 0 Å². The summed E-state index contributed by atoms with van der Waals surface area (Å²) < 4.78 is 0. The molecule has 170 valence electrons. The van der Waals surface area contributed by atoms with Gasteiger partial charge in [-0.15, -0.1) is 0 Å². The lowest BCUT2D eigenvalue weighted by molar-refractivity contribution is -0.135. The lowest BCUT2D eigenvalue weighted by Crippen LogP contribution is -2.68. The van der Waals surface area contributed by atoms with Crippen LogP contribution in [0.1, 0.15) is 29.9 Å². The largest absolute Gasteiger partial charge is 0.395 e. The maximum atomic E-state index is 13.1. The average Bonchev–Trinajstić information content (AvgIpc) is 2.84. The topological polar surface area (TPSA) is 69.6 Å². The smallest absolute Gasteiger partial charge is 0.227 e. The summed E-state index contributed by atoms with van der Waals surface area (Å²) >= 11 is 0. The molecule has 0 radical (unpaired) electrons. The van der Waals surface area contributed by atoms with E-state index < -0.39 is 0 Å². The zero-order valence-electron chi connectivity index (χ0n) is 18.8. The van der Waals surface area contributed by atoms with Gasteiger partial charge in [0.1, 0.15) is 0 Å². The third kappa shape index (κ3) is 4.54. The highest BCUT2D eigenvalue weighted by Gasteiger charge is 2.49. The second-order valence-electron chi connectivity index (χ2n) is 9.02. The Balaban J connectivity index is 1.35. The van der Waals surface area contributed by atoms with Gasteiger partial charge in [0.15, 0.2) is 0 Å². The van der Waals surface area contributed by atoms with Gasteiger partial charge in [0, 0.05) is 55.9 Å². The van der Waals surface area contributed by atoms with Crippen molar-refractivity contribution in [2.75, 3.05) is 26.2 Å². The first-order valence-corrected chi connectivity index (χ1v) is 11.8. The SMILES string of the molecule is O=C(Cc1ccncc1)N1CCCCN2[C@@H](CO)[C@H](c3ccc(-c4ccncc4)cc3)[C@@H]2C1. The number of carbonyl (C=O) groups excluding carboxylic acids is 1. The second kappa shape index (κ2) is 9.81. The lowest BCUT2D eigenvalue weighted by atomic mass is 9.74. The molecule has 6 nitrogen and oxygen atoms in total. The second-order valence-corrected chi connectivity index (χ2v) is 9.02. The number of aromatic nitrogens is 2. The molecule has 3 aromatic rings. The van der Waals surface area contributed by atoms with Gasteiger partial charge >= 0.3 is 0 Å². The van der Waals surface area contributed by atoms with Gasteiger partial charge in [-0.25, -0.2) is 0 Å². The van der Waals surface area contributed by atoms with Gasteiger partial charge in [0.25, 0.3) is 0 Å². The van der Waals surface area contributed by atoms with E-state index in [1.807, 2.05) is 29.2 Å². The Morgan fingerprint density at radius 3 is 2.21 bits per heavy atom. The maximum Gasteiger partial charge on any atom is 0.227 e. The molecule has 0 spiro atoms. The Morgan fingerprint density at radius 1 is 0.879 bits per heavy atom. The van der Waals surface area contributed by atoms with Crippen LogP contribution >= 0.6 is 0 Å². The Bertz CT molecular complexity index is 1060. The summed E-state index contributed by atoms with van der Waals surface area (Å²) in [5.41, 5.74) is 4.53. The van der Waals surface area contributed by atoms with E-state index in [0.29, 0.717) is 13.0 Å². The first kappa shape index (κ1) is 21.7. The van der Waals surface area contributed by atoms with Crippen molar-refractivity contribution in [2.24, 2.45) is 0 Å². The van der Waals surface area contributed by atoms with Gasteiger partial charge in [-0.2, -0.15) is 0 Å². The van der Waals surface area contributed by atoms with Crippen molar-refractivity contribution in [2.45, 2.75) is 37.3 Å². The third-order valence-electron chi connectivity index (χ3n) is 7.14. The molecule has 2 aromatic heterocycles. The third-order valence-corrected chi connectivity index (χ3v) is 7.14. The van der Waals surface area contributed by atoms with E-state index >= 15 is 0 Å². The summed E-state index contributed by atoms with van der Waals surface area (Å²) in [6, 6.07) is 16.8. The molecule has 0 aliphatic carbocycles. The van der Waals surface area contributed by atoms with Gasteiger partial charge < -0.3 is 10.0 Å². The van der Waals surface area contributed by atoms with Gasteiger partial charge in [-0.05, 0) is 65.9 Å². The molecule has 4 heterocycles. The first-order valence-electron chi connectivity index (χ1n) is 11.8. The molecule has 5 rings (SSSR count). The number of aliphatic hydroxyl groups is 1. The Kier molecular flexibility index (Phi) is 6.46. The standard InChI is InChI=1S/C27H30N4O2/c32-19-25-27(23-5-3-21(4-6-23)22-9-13-29-14-10-22)24-18-30(15-1-2-16-31(24)25)26(33)17-20-7-11-28-12-8-20/h3-14,24-25,27,32H,1-2,15-19H2/t24-,25-,27+/m0/s1. The molecule has 2 aliphatic heterocycles. The summed E-state index contributed by atoms with van der Waals surface area (Å²) in [5.74, 6) is 0.387. The van der Waals surface area contributed by atoms with Crippen LogP contribution in [-0.4, -0.2) is 69.1 Å². The molecule has 1 N–H and O–H groups in total. The van der Waals surface area contributed by atoms with Gasteiger partial charge in [-0.3, -0.25) is 19.7 Å². The minimum absolute atomic E-state index is 0.108. The summed E-state index contributed by atoms with van der Waals surface area (Å²) in [5, 5.41) is 10.2. The van der Waals surface area contributed by atoms with Crippen LogP contribution in [0.15, 0.2) is 73.3 Å². The number of hydrogen-bond acceptors (Lipinski definition) is 5. The quantitative estimate of drug-likeness (QED) is 0.658. The number of hydrogen-bond donors (Lipinski definition) is 1. The normalized spacial score (nSPS) is 23.2. The van der Waals surface area contributed by atoms with Crippen LogP contribution in [0.3, 0.4) is 0 Å². The van der Waals surface area contributed by atoms with Crippen LogP contribution in [0.2, 0.25) is 0 Å². The zero-order valence-corrected chi connectivity index (χ0v) is 18.8. The van der Waals surface area contributed by atoms with E-state index in [-0.39, 0.29) is 30.5 Å². The van der Waals surface area contributed by atoms with Crippen LogP contribution in [0.4, 0.5) is 0 Å². The molecule has 6 heteroatoms. The molecule has 1 aromatic carbocycles. The Labute approximate surface area is 194 Å². The van der Waals surface area contributed by atoms with E-state index in [4.69, 9.17) is 0 Å². The molecular weight excluding hydrogens is 412 g/mol. The Hall–Kier alpha value is -3.09. The van der Waals surface area contributed by atoms with E-state index in [2.05, 4.69) is 39.1 Å². The molecule has 0 unspecified atom stereocenters. The number of nitrogens with zero attached hydrogens (tertiary/aromatic N) is 4. The molecule has 2 saturated heterocycles. The number of amides is 1. The molecule has 1 amide bonds. The van der Waals surface area contributed by atoms with Crippen molar-refractivity contribution < 1.29 is 9.90 Å². The highest BCUT2D eigenvalue weighted by atomic mass is 16.3. The van der Waals surface area contributed by atoms with E-state index in [0.717, 1.165) is 42.6 Å². The molecule has 33 heavy (non-hydrogen) atoms. The number of pyridine rings is 2. The van der Waals surface area contributed by atoms with Crippen molar-refractivity contribution in [1.29, 1.82) is 0 Å². The van der Waals surface area contributed by atoms with Crippen LogP contribution in [0.25, 0.3) is 11.1 Å². The summed E-state index contributed by atoms with van der Waals surface area (Å²) in [6.07, 6.45) is 9.53. The molecule has 0 saturated carbocycles. The highest BCUT2D eigenvalue weighted by Crippen LogP contribution is 2.42. The van der Waals surface area contributed by atoms with Crippen molar-refractivity contribution in [1.82, 2.24) is 19.8 Å². The van der Waals surface area contributed by atoms with Crippen molar-refractivity contribution in [3.63, 3.8) is 0 Å². The summed E-state index contributed by atoms with van der Waals surface area (Å²) in [6.45, 7) is 2.62. The molecule has 0 bridgehead atoms. The highest BCUT2D eigenvalue weighted by molar-refractivity contribution is 5.78. The minimum Gasteiger partial charge on any atom is -0.395 e. The fourth-order valence-electron chi connectivity index (χ4n) is 5.40. The fourth-order valence-corrected chi connectivity index (χ4v) is 5.40. The molecule has 2 aliphatic rings. The van der Waals surface area contributed by atoms with Gasteiger partial charge in [-0.1, -0.05) is 24.3 Å². The summed E-state index contributed by atoms with van der Waals surface area (Å²) in [7, 11) is 0. The van der Waals surface area contributed by atoms with E-state index in [9.17, 15) is 9.90 Å². The van der Waals surface area contributed by atoms with Crippen LogP contribution in [0, 0.1) is 0 Å². The van der Waals surface area contributed by atoms with E-state index in [1.165, 1.54) is 5.56 Å². The van der Waals surface area contributed by atoms with Gasteiger partial charge in [0.05, 0.1) is 13.0 Å². The monoisotopic (exact) mass is 442 g/mol. The number of carbonyl (C=O) groups is 1. The predicted molar refractivity (Wildman–Crippen MR) is 128 cm³/mol. The van der Waals surface area contributed by atoms with Crippen LogP contribution < -0.4 is 0 Å². The van der Waals surface area contributed by atoms with Crippen molar-refractivity contribution in [3.8, 4) is 11.1 Å². The average molecular weight is 443 g/mol. The number of benzene rings is 1. The van der Waals surface area contributed by atoms with Crippen LogP contribution in [-0.2, 0) is 11.2 Å². The molecular formula is C27H30N4O2. The van der Waals surface area contributed by atoms with E-state index in [1.54, 1.807) is 24.8 Å². The Morgan fingerprint density at radius 2 is 1.52 bits per heavy atom. The zero-order chi connectivity index (χ0) is 22.6. The lowest BCUT2D eigenvalue weighted by Gasteiger charge is -2.57. The summed E-state index contributed by atoms with van der Waals surface area (Å²) in [4.78, 5) is 25.7. The van der Waals surface area contributed by atoms with Crippen molar-refractivity contribution >= 4 is 5.91 Å². The predicted octanol–water partition coefficient (Wildman–Crippen LogP) is 3.14. The fraction of sp³-hybridized carbons (Fsp3) is 0.370. The van der Waals surface area contributed by atoms with Gasteiger partial charge in [0.2, 0.25) is 5.91 Å². The number of fused-ring (bicyclic) bond motifs is 1. The number of aliphatic hydroxyl groups excluding tert-OH is 1.